The van der Waals surface area contributed by atoms with Crippen LogP contribution in [0.1, 0.15) is 41.2 Å². The van der Waals surface area contributed by atoms with Crippen LogP contribution in [0.15, 0.2) is 125 Å². The Morgan fingerprint density at radius 3 is 2.35 bits per heavy atom. The van der Waals surface area contributed by atoms with Crippen LogP contribution in [0.25, 0.3) is 6.08 Å². The standard InChI is InChI=1S/C36H35BrN2O4/c37-31-18-14-28(15-19-31)22-24-38-35(41)36(23-7-11-27-9-3-1-4-10-27)33(29-12-5-2-6-13-29)43-34(39-36)30-16-20-32(21-17-30)42-26-8-25-40/h1-7,9-21,33,40H,8,22-26H2,(H,38,41)/b11-7+/t33-,36-/m1/s1. The number of nitrogens with zero attached hydrogens (tertiary/aromatic N) is 1. The van der Waals surface area contributed by atoms with Gasteiger partial charge in [0.1, 0.15) is 5.75 Å². The fourth-order valence-corrected chi connectivity index (χ4v) is 5.27. The molecule has 0 aliphatic carbocycles. The number of nitrogens with one attached hydrogen (secondary N) is 1. The molecule has 7 heteroatoms. The number of halogens is 1. The van der Waals surface area contributed by atoms with E-state index in [2.05, 4.69) is 21.2 Å². The first-order valence-electron chi connectivity index (χ1n) is 14.5. The van der Waals surface area contributed by atoms with Crippen molar-refractivity contribution in [3.05, 3.63) is 142 Å². The number of ether oxygens (including phenoxy) is 2. The van der Waals surface area contributed by atoms with E-state index in [0.717, 1.165) is 26.7 Å². The van der Waals surface area contributed by atoms with Crippen molar-refractivity contribution >= 4 is 33.8 Å². The van der Waals surface area contributed by atoms with Crippen molar-refractivity contribution in [3.8, 4) is 5.75 Å². The van der Waals surface area contributed by atoms with Gasteiger partial charge in [-0.05, 0) is 59.5 Å². The maximum Gasteiger partial charge on any atom is 0.252 e. The number of amides is 1. The monoisotopic (exact) mass is 638 g/mol. The lowest BCUT2D eigenvalue weighted by atomic mass is 9.84. The largest absolute Gasteiger partial charge is 0.494 e. The van der Waals surface area contributed by atoms with Gasteiger partial charge in [0.05, 0.1) is 6.61 Å². The van der Waals surface area contributed by atoms with E-state index in [-0.39, 0.29) is 12.5 Å². The molecule has 1 heterocycles. The van der Waals surface area contributed by atoms with Gasteiger partial charge in [-0.3, -0.25) is 4.79 Å². The number of carbonyl (C=O) groups excluding carboxylic acids is 1. The highest BCUT2D eigenvalue weighted by Crippen LogP contribution is 2.43. The van der Waals surface area contributed by atoms with Crippen LogP contribution in [0.2, 0.25) is 0 Å². The number of rotatable bonds is 13. The van der Waals surface area contributed by atoms with Crippen molar-refractivity contribution < 1.29 is 19.4 Å². The predicted molar refractivity (Wildman–Crippen MR) is 174 cm³/mol. The Labute approximate surface area is 261 Å². The van der Waals surface area contributed by atoms with E-state index in [1.54, 1.807) is 0 Å². The Kier molecular flexibility index (Phi) is 10.4. The summed E-state index contributed by atoms with van der Waals surface area (Å²) < 4.78 is 13.3. The van der Waals surface area contributed by atoms with E-state index in [0.29, 0.717) is 44.1 Å². The number of aliphatic hydroxyl groups is 1. The molecule has 6 nitrogen and oxygen atoms in total. The Morgan fingerprint density at radius 1 is 0.953 bits per heavy atom. The number of aliphatic imine (C=N–C) groups is 1. The highest BCUT2D eigenvalue weighted by atomic mass is 79.9. The third-order valence-corrected chi connectivity index (χ3v) is 7.81. The molecular formula is C36H35BrN2O4. The van der Waals surface area contributed by atoms with Crippen LogP contribution in [0.3, 0.4) is 0 Å². The highest BCUT2D eigenvalue weighted by Gasteiger charge is 2.52. The normalized spacial score (nSPS) is 17.8. The van der Waals surface area contributed by atoms with Gasteiger partial charge in [-0.1, -0.05) is 101 Å². The van der Waals surface area contributed by atoms with Gasteiger partial charge in [-0.25, -0.2) is 4.99 Å². The van der Waals surface area contributed by atoms with Gasteiger partial charge in [-0.2, -0.15) is 0 Å². The zero-order valence-corrected chi connectivity index (χ0v) is 25.5. The Hall–Kier alpha value is -4.20. The second-order valence-corrected chi connectivity index (χ2v) is 11.3. The van der Waals surface area contributed by atoms with Crippen molar-refractivity contribution in [3.63, 3.8) is 0 Å². The first-order valence-corrected chi connectivity index (χ1v) is 15.3. The third kappa shape index (κ3) is 7.80. The molecule has 4 aromatic carbocycles. The molecule has 2 atom stereocenters. The molecule has 0 unspecified atom stereocenters. The molecule has 0 fully saturated rings. The number of carbonyl (C=O) groups is 1. The van der Waals surface area contributed by atoms with Crippen molar-refractivity contribution in [2.24, 2.45) is 4.99 Å². The number of aliphatic hydroxyl groups excluding tert-OH is 1. The van der Waals surface area contributed by atoms with Crippen LogP contribution in [0, 0.1) is 0 Å². The van der Waals surface area contributed by atoms with Crippen molar-refractivity contribution in [2.75, 3.05) is 19.8 Å². The minimum absolute atomic E-state index is 0.0790. The fourth-order valence-electron chi connectivity index (χ4n) is 5.01. The van der Waals surface area contributed by atoms with Crippen LogP contribution in [0.4, 0.5) is 0 Å². The molecule has 1 aliphatic rings. The predicted octanol–water partition coefficient (Wildman–Crippen LogP) is 6.93. The van der Waals surface area contributed by atoms with E-state index < -0.39 is 11.6 Å². The molecule has 0 saturated heterocycles. The molecular weight excluding hydrogens is 604 g/mol. The highest BCUT2D eigenvalue weighted by molar-refractivity contribution is 9.10. The second kappa shape index (κ2) is 14.8. The lowest BCUT2D eigenvalue weighted by molar-refractivity contribution is -0.128. The van der Waals surface area contributed by atoms with Crippen LogP contribution < -0.4 is 10.1 Å². The summed E-state index contributed by atoms with van der Waals surface area (Å²) in [5.74, 6) is 0.917. The lowest BCUT2D eigenvalue weighted by Gasteiger charge is -2.29. The van der Waals surface area contributed by atoms with E-state index in [9.17, 15) is 4.79 Å². The Balaban J connectivity index is 1.46. The van der Waals surface area contributed by atoms with Gasteiger partial charge in [0.25, 0.3) is 5.91 Å². The van der Waals surface area contributed by atoms with Crippen molar-refractivity contribution in [2.45, 2.75) is 30.9 Å². The van der Waals surface area contributed by atoms with Crippen LogP contribution in [0.5, 0.6) is 5.75 Å². The molecule has 0 bridgehead atoms. The van der Waals surface area contributed by atoms with E-state index in [1.165, 1.54) is 0 Å². The summed E-state index contributed by atoms with van der Waals surface area (Å²) in [5, 5.41) is 12.2. The molecule has 43 heavy (non-hydrogen) atoms. The fraction of sp³-hybridized carbons (Fsp3) is 0.222. The maximum atomic E-state index is 14.2. The number of hydrogen-bond acceptors (Lipinski definition) is 5. The van der Waals surface area contributed by atoms with Crippen molar-refractivity contribution in [1.29, 1.82) is 0 Å². The number of hydrogen-bond donors (Lipinski definition) is 2. The first kappa shape index (κ1) is 30.3. The second-order valence-electron chi connectivity index (χ2n) is 10.3. The summed E-state index contributed by atoms with van der Waals surface area (Å²) in [5.41, 5.74) is 2.59. The summed E-state index contributed by atoms with van der Waals surface area (Å²) in [7, 11) is 0. The van der Waals surface area contributed by atoms with Crippen molar-refractivity contribution in [1.82, 2.24) is 5.32 Å². The molecule has 0 radical (unpaired) electrons. The van der Waals surface area contributed by atoms with E-state index in [1.807, 2.05) is 121 Å². The molecule has 0 aromatic heterocycles. The SMILES string of the molecule is O=C(NCCc1ccc(Br)cc1)[C@]1(C/C=C/c2ccccc2)N=C(c2ccc(OCCCO)cc2)O[C@@H]1c1ccccc1. The van der Waals surface area contributed by atoms with Crippen LogP contribution in [-0.4, -0.2) is 42.2 Å². The Morgan fingerprint density at radius 2 is 1.65 bits per heavy atom. The van der Waals surface area contributed by atoms with Gasteiger partial charge in [0.2, 0.25) is 5.90 Å². The van der Waals surface area contributed by atoms with E-state index in [4.69, 9.17) is 19.6 Å². The molecule has 2 N–H and O–H groups in total. The molecule has 0 spiro atoms. The van der Waals surface area contributed by atoms with Crippen LogP contribution in [-0.2, 0) is 16.0 Å². The Bertz CT molecular complexity index is 1520. The van der Waals surface area contributed by atoms with Gasteiger partial charge < -0.3 is 19.9 Å². The van der Waals surface area contributed by atoms with Crippen LogP contribution >= 0.6 is 15.9 Å². The molecule has 0 saturated carbocycles. The molecule has 1 aliphatic heterocycles. The molecule has 220 valence electrons. The topological polar surface area (TPSA) is 80.2 Å². The van der Waals surface area contributed by atoms with Gasteiger partial charge in [-0.15, -0.1) is 0 Å². The summed E-state index contributed by atoms with van der Waals surface area (Å²) >= 11 is 3.48. The summed E-state index contributed by atoms with van der Waals surface area (Å²) in [4.78, 5) is 19.3. The van der Waals surface area contributed by atoms with Gasteiger partial charge in [0.15, 0.2) is 11.6 Å². The molecule has 1 amide bonds. The lowest BCUT2D eigenvalue weighted by Crippen LogP contribution is -2.48. The summed E-state index contributed by atoms with van der Waals surface area (Å²) in [6.07, 6.45) is 5.00. The quantitative estimate of drug-likeness (QED) is 0.156. The van der Waals surface area contributed by atoms with Gasteiger partial charge >= 0.3 is 0 Å². The first-order chi connectivity index (χ1) is 21.1. The van der Waals surface area contributed by atoms with E-state index >= 15 is 0 Å². The smallest absolute Gasteiger partial charge is 0.252 e. The average Bonchev–Trinajstić information content (AvgIpc) is 3.44. The molecule has 4 aromatic rings. The molecule has 5 rings (SSSR count). The zero-order valence-electron chi connectivity index (χ0n) is 23.9. The summed E-state index contributed by atoms with van der Waals surface area (Å²) in [6.45, 7) is 0.979. The minimum atomic E-state index is -1.22. The zero-order chi connectivity index (χ0) is 29.9. The third-order valence-electron chi connectivity index (χ3n) is 7.28. The average molecular weight is 640 g/mol. The minimum Gasteiger partial charge on any atom is -0.494 e. The maximum absolute atomic E-state index is 14.2. The van der Waals surface area contributed by atoms with Gasteiger partial charge in [0, 0.05) is 36.0 Å². The summed E-state index contributed by atoms with van der Waals surface area (Å²) in [6, 6.07) is 35.4. The number of benzene rings is 4.